The van der Waals surface area contributed by atoms with Gasteiger partial charge >= 0.3 is 0 Å². The molecule has 2 aromatic heterocycles. The summed E-state index contributed by atoms with van der Waals surface area (Å²) in [5, 5.41) is 0. The zero-order valence-corrected chi connectivity index (χ0v) is 9.56. The number of H-pyrrole nitrogens is 1. The quantitative estimate of drug-likeness (QED) is 0.826. The molecule has 0 spiro atoms. The van der Waals surface area contributed by atoms with E-state index >= 15 is 0 Å². The summed E-state index contributed by atoms with van der Waals surface area (Å²) in [6.45, 7) is 4.01. The molecule has 0 aliphatic rings. The monoisotopic (exact) mass is 218 g/mol. The van der Waals surface area contributed by atoms with Crippen LogP contribution in [0.1, 0.15) is 25.5 Å². The second-order valence-electron chi connectivity index (χ2n) is 4.04. The SMILES string of the molecule is CC(C)c1cc(=O)[nH]c(-c2nccn2C)n1. The fraction of sp³-hybridized carbons (Fsp3) is 0.364. The summed E-state index contributed by atoms with van der Waals surface area (Å²) >= 11 is 0. The summed E-state index contributed by atoms with van der Waals surface area (Å²) in [4.78, 5) is 22.7. The molecule has 84 valence electrons. The highest BCUT2D eigenvalue weighted by atomic mass is 16.1. The van der Waals surface area contributed by atoms with Gasteiger partial charge in [-0.25, -0.2) is 9.97 Å². The van der Waals surface area contributed by atoms with Crippen molar-refractivity contribution >= 4 is 0 Å². The lowest BCUT2D eigenvalue weighted by Gasteiger charge is -2.06. The molecule has 2 aromatic rings. The predicted molar refractivity (Wildman–Crippen MR) is 61.1 cm³/mol. The van der Waals surface area contributed by atoms with E-state index < -0.39 is 0 Å². The van der Waals surface area contributed by atoms with E-state index in [1.807, 2.05) is 31.7 Å². The highest BCUT2D eigenvalue weighted by molar-refractivity contribution is 5.43. The van der Waals surface area contributed by atoms with Crippen molar-refractivity contribution in [3.8, 4) is 11.6 Å². The number of aromatic nitrogens is 4. The van der Waals surface area contributed by atoms with Crippen LogP contribution in [0.5, 0.6) is 0 Å². The Morgan fingerprint density at radius 1 is 1.44 bits per heavy atom. The smallest absolute Gasteiger partial charge is 0.251 e. The third-order valence-electron chi connectivity index (χ3n) is 2.39. The van der Waals surface area contributed by atoms with E-state index in [1.165, 1.54) is 6.07 Å². The fourth-order valence-electron chi connectivity index (χ4n) is 1.47. The Balaban J connectivity index is 2.58. The first-order chi connectivity index (χ1) is 7.58. The molecule has 0 unspecified atom stereocenters. The van der Waals surface area contributed by atoms with Gasteiger partial charge in [-0.1, -0.05) is 13.8 Å². The van der Waals surface area contributed by atoms with Gasteiger partial charge in [0.2, 0.25) is 0 Å². The summed E-state index contributed by atoms with van der Waals surface area (Å²) in [6, 6.07) is 1.52. The van der Waals surface area contributed by atoms with E-state index in [0.717, 1.165) is 5.69 Å². The van der Waals surface area contributed by atoms with Crippen molar-refractivity contribution in [2.45, 2.75) is 19.8 Å². The Morgan fingerprint density at radius 2 is 2.19 bits per heavy atom. The summed E-state index contributed by atoms with van der Waals surface area (Å²) in [5.74, 6) is 1.41. The number of nitrogens with zero attached hydrogens (tertiary/aromatic N) is 3. The second kappa shape index (κ2) is 3.92. The minimum atomic E-state index is -0.142. The van der Waals surface area contributed by atoms with Gasteiger partial charge in [0, 0.05) is 25.5 Å². The molecule has 0 saturated carbocycles. The molecular weight excluding hydrogens is 204 g/mol. The molecule has 0 bridgehead atoms. The van der Waals surface area contributed by atoms with Gasteiger partial charge in [-0.3, -0.25) is 4.79 Å². The van der Waals surface area contributed by atoms with Gasteiger partial charge < -0.3 is 9.55 Å². The topological polar surface area (TPSA) is 63.6 Å². The molecule has 2 heterocycles. The average molecular weight is 218 g/mol. The van der Waals surface area contributed by atoms with E-state index in [-0.39, 0.29) is 11.5 Å². The lowest BCUT2D eigenvalue weighted by molar-refractivity contribution is 0.804. The van der Waals surface area contributed by atoms with Gasteiger partial charge in [-0.05, 0) is 5.92 Å². The van der Waals surface area contributed by atoms with Crippen molar-refractivity contribution in [1.82, 2.24) is 19.5 Å². The molecule has 0 atom stereocenters. The first kappa shape index (κ1) is 10.6. The van der Waals surface area contributed by atoms with Crippen LogP contribution in [0.2, 0.25) is 0 Å². The van der Waals surface area contributed by atoms with Crippen LogP contribution in [0.4, 0.5) is 0 Å². The van der Waals surface area contributed by atoms with Crippen molar-refractivity contribution in [3.05, 3.63) is 34.5 Å². The Hall–Kier alpha value is -1.91. The number of aromatic amines is 1. The Morgan fingerprint density at radius 3 is 2.75 bits per heavy atom. The zero-order chi connectivity index (χ0) is 11.7. The van der Waals surface area contributed by atoms with E-state index in [0.29, 0.717) is 11.6 Å². The van der Waals surface area contributed by atoms with Crippen molar-refractivity contribution in [2.24, 2.45) is 7.05 Å². The van der Waals surface area contributed by atoms with Crippen LogP contribution in [-0.4, -0.2) is 19.5 Å². The Kier molecular flexibility index (Phi) is 2.60. The Labute approximate surface area is 93.2 Å². The largest absolute Gasteiger partial charge is 0.331 e. The minimum Gasteiger partial charge on any atom is -0.331 e. The molecule has 0 amide bonds. The number of nitrogens with one attached hydrogen (secondary N) is 1. The summed E-state index contributed by atoms with van der Waals surface area (Å²) in [5.41, 5.74) is 0.637. The number of aryl methyl sites for hydroxylation is 1. The summed E-state index contributed by atoms with van der Waals surface area (Å²) in [7, 11) is 1.87. The third-order valence-corrected chi connectivity index (χ3v) is 2.39. The highest BCUT2D eigenvalue weighted by Gasteiger charge is 2.09. The molecule has 16 heavy (non-hydrogen) atoms. The van der Waals surface area contributed by atoms with E-state index in [4.69, 9.17) is 0 Å². The first-order valence-corrected chi connectivity index (χ1v) is 5.17. The van der Waals surface area contributed by atoms with Crippen LogP contribution >= 0.6 is 0 Å². The summed E-state index contributed by atoms with van der Waals surface area (Å²) in [6.07, 6.45) is 3.49. The molecule has 0 saturated heterocycles. The van der Waals surface area contributed by atoms with Crippen molar-refractivity contribution < 1.29 is 0 Å². The maximum atomic E-state index is 11.5. The van der Waals surface area contributed by atoms with Crippen LogP contribution < -0.4 is 5.56 Å². The standard InChI is InChI=1S/C11H14N4O/c1-7(2)8-6-9(16)14-10(13-8)11-12-4-5-15(11)3/h4-7H,1-3H3,(H,13,14,16). The van der Waals surface area contributed by atoms with Gasteiger partial charge in [0.05, 0.1) is 5.69 Å². The number of hydrogen-bond donors (Lipinski definition) is 1. The van der Waals surface area contributed by atoms with Gasteiger partial charge in [0.15, 0.2) is 11.6 Å². The van der Waals surface area contributed by atoms with Gasteiger partial charge in [-0.2, -0.15) is 0 Å². The average Bonchev–Trinajstić information content (AvgIpc) is 2.63. The zero-order valence-electron chi connectivity index (χ0n) is 9.56. The minimum absolute atomic E-state index is 0.142. The molecule has 0 fully saturated rings. The van der Waals surface area contributed by atoms with Gasteiger partial charge in [0.1, 0.15) is 0 Å². The summed E-state index contributed by atoms with van der Waals surface area (Å²) < 4.78 is 1.82. The molecule has 0 aliphatic carbocycles. The molecule has 0 aliphatic heterocycles. The maximum absolute atomic E-state index is 11.5. The molecule has 5 heteroatoms. The first-order valence-electron chi connectivity index (χ1n) is 5.17. The third kappa shape index (κ3) is 1.88. The van der Waals surface area contributed by atoms with E-state index in [9.17, 15) is 4.79 Å². The number of rotatable bonds is 2. The molecule has 0 aromatic carbocycles. The van der Waals surface area contributed by atoms with E-state index in [1.54, 1.807) is 6.20 Å². The van der Waals surface area contributed by atoms with Crippen LogP contribution in [0.15, 0.2) is 23.3 Å². The van der Waals surface area contributed by atoms with Crippen LogP contribution in [0.25, 0.3) is 11.6 Å². The highest BCUT2D eigenvalue weighted by Crippen LogP contribution is 2.14. The van der Waals surface area contributed by atoms with Crippen molar-refractivity contribution in [1.29, 1.82) is 0 Å². The van der Waals surface area contributed by atoms with Crippen LogP contribution in [0.3, 0.4) is 0 Å². The second-order valence-corrected chi connectivity index (χ2v) is 4.04. The van der Waals surface area contributed by atoms with Gasteiger partial charge in [-0.15, -0.1) is 0 Å². The molecule has 0 radical (unpaired) electrons. The normalized spacial score (nSPS) is 11.0. The maximum Gasteiger partial charge on any atom is 0.251 e. The molecule has 5 nitrogen and oxygen atoms in total. The van der Waals surface area contributed by atoms with Crippen LogP contribution in [0, 0.1) is 0 Å². The predicted octanol–water partition coefficient (Wildman–Crippen LogP) is 1.29. The lowest BCUT2D eigenvalue weighted by atomic mass is 10.1. The fourth-order valence-corrected chi connectivity index (χ4v) is 1.47. The Bertz CT molecular complexity index is 553. The molecule has 2 rings (SSSR count). The van der Waals surface area contributed by atoms with Crippen molar-refractivity contribution in [2.75, 3.05) is 0 Å². The molecule has 1 N–H and O–H groups in total. The number of imidazole rings is 1. The molecular formula is C11H14N4O. The van der Waals surface area contributed by atoms with Gasteiger partial charge in [0.25, 0.3) is 5.56 Å². The van der Waals surface area contributed by atoms with Crippen molar-refractivity contribution in [3.63, 3.8) is 0 Å². The number of hydrogen-bond acceptors (Lipinski definition) is 3. The van der Waals surface area contributed by atoms with E-state index in [2.05, 4.69) is 15.0 Å². The lowest BCUT2D eigenvalue weighted by Crippen LogP contribution is -2.12. The van der Waals surface area contributed by atoms with Crippen LogP contribution in [-0.2, 0) is 7.05 Å².